The van der Waals surface area contributed by atoms with Gasteiger partial charge >= 0.3 is 0 Å². The van der Waals surface area contributed by atoms with Crippen LogP contribution in [0, 0.1) is 25.2 Å². The summed E-state index contributed by atoms with van der Waals surface area (Å²) in [7, 11) is 0. The number of furan rings is 1. The fourth-order valence-corrected chi connectivity index (χ4v) is 5.58. The molecule has 0 unspecified atom stereocenters. The maximum Gasteiger partial charge on any atom is 0.264 e. The van der Waals surface area contributed by atoms with Gasteiger partial charge in [0.15, 0.2) is 16.2 Å². The third kappa shape index (κ3) is 6.93. The van der Waals surface area contributed by atoms with Crippen LogP contribution in [0.15, 0.2) is 91.4 Å². The van der Waals surface area contributed by atoms with Crippen LogP contribution in [0.3, 0.4) is 0 Å². The van der Waals surface area contributed by atoms with E-state index in [1.807, 2.05) is 42.5 Å². The lowest BCUT2D eigenvalue weighted by Crippen LogP contribution is -2.29. The van der Waals surface area contributed by atoms with Gasteiger partial charge in [0, 0.05) is 12.0 Å². The van der Waals surface area contributed by atoms with Crippen molar-refractivity contribution in [2.45, 2.75) is 53.1 Å². The molecule has 0 spiro atoms. The Labute approximate surface area is 279 Å². The van der Waals surface area contributed by atoms with Crippen molar-refractivity contribution < 1.29 is 13.6 Å². The minimum Gasteiger partial charge on any atom is -0.484 e. The van der Waals surface area contributed by atoms with Gasteiger partial charge in [-0.05, 0) is 77.5 Å². The van der Waals surface area contributed by atoms with Gasteiger partial charge in [0.2, 0.25) is 5.95 Å². The van der Waals surface area contributed by atoms with Gasteiger partial charge in [-0.15, -0.1) is 0 Å². The van der Waals surface area contributed by atoms with E-state index in [0.29, 0.717) is 63.3 Å². The molecule has 0 amide bonds. The lowest BCUT2D eigenvalue weighted by molar-refractivity contribution is 0.297. The molecule has 0 aliphatic carbocycles. The minimum atomic E-state index is -0.202. The van der Waals surface area contributed by atoms with E-state index >= 15 is 0 Å². The largest absolute Gasteiger partial charge is 0.484 e. The quantitative estimate of drug-likeness (QED) is 0.134. The zero-order valence-corrected chi connectivity index (χ0v) is 27.7. The Morgan fingerprint density at radius 2 is 1.72 bits per heavy atom. The summed E-state index contributed by atoms with van der Waals surface area (Å²) in [5, 5.41) is 9.52. The average Bonchev–Trinajstić information content (AvgIpc) is 3.69. The number of hydrogen-bond donors (Lipinski definition) is 0. The number of oxazole rings is 1. The van der Waals surface area contributed by atoms with Crippen molar-refractivity contribution in [1.29, 1.82) is 5.26 Å². The van der Waals surface area contributed by atoms with Crippen molar-refractivity contribution in [1.82, 2.24) is 24.5 Å². The van der Waals surface area contributed by atoms with Crippen LogP contribution >= 0.6 is 15.9 Å². The van der Waals surface area contributed by atoms with Gasteiger partial charge in [-0.25, -0.2) is 24.5 Å². The molecule has 0 saturated carbocycles. The fourth-order valence-electron chi connectivity index (χ4n) is 5.27. The van der Waals surface area contributed by atoms with Crippen molar-refractivity contribution >= 4 is 15.9 Å². The highest BCUT2D eigenvalue weighted by molar-refractivity contribution is 9.10. The molecule has 0 N–H and O–H groups in total. The maximum atomic E-state index is 14.1. The number of halogens is 1. The lowest BCUT2D eigenvalue weighted by Gasteiger charge is -2.15. The first-order chi connectivity index (χ1) is 22.8. The number of hydrogen-bond acceptors (Lipinski definition) is 9. The Bertz CT molecular complexity index is 2130. The number of nitriles is 1. The van der Waals surface area contributed by atoms with Crippen LogP contribution in [0.4, 0.5) is 0 Å². The molecule has 10 nitrogen and oxygen atoms in total. The molecule has 6 rings (SSSR count). The molecule has 6 aromatic rings. The lowest BCUT2D eigenvalue weighted by atomic mass is 9.97. The van der Waals surface area contributed by atoms with Crippen LogP contribution < -0.4 is 10.3 Å². The monoisotopic (exact) mass is 690 g/mol. The second kappa shape index (κ2) is 14.0. The zero-order valence-electron chi connectivity index (χ0n) is 26.2. The summed E-state index contributed by atoms with van der Waals surface area (Å²) in [5.74, 6) is 2.61. The molecule has 0 aliphatic rings. The number of aromatic nitrogens is 5. The molecule has 2 aromatic carbocycles. The highest BCUT2D eigenvalue weighted by Crippen LogP contribution is 2.27. The first-order valence-corrected chi connectivity index (χ1v) is 16.0. The van der Waals surface area contributed by atoms with Crippen LogP contribution in [-0.4, -0.2) is 24.5 Å². The summed E-state index contributed by atoms with van der Waals surface area (Å²) in [4.78, 5) is 32.3. The first kappa shape index (κ1) is 31.6. The minimum absolute atomic E-state index is 0.137. The van der Waals surface area contributed by atoms with Crippen molar-refractivity contribution in [3.05, 3.63) is 128 Å². The molecule has 0 fully saturated rings. The third-order valence-corrected chi connectivity index (χ3v) is 8.18. The van der Waals surface area contributed by atoms with Gasteiger partial charge in [0.25, 0.3) is 11.4 Å². The second-order valence-corrected chi connectivity index (χ2v) is 11.8. The Morgan fingerprint density at radius 3 is 2.43 bits per heavy atom. The zero-order chi connectivity index (χ0) is 32.9. The SMILES string of the molecule is CCCCc1nc(C)n(-c2ncc(OCc3nc(-c4ccc(Br)o4)oc3C)cn2)c(=O)c1Cc1ccc(-c2ccccc2C#N)cc1. The number of rotatable bonds is 11. The summed E-state index contributed by atoms with van der Waals surface area (Å²) >= 11 is 3.29. The van der Waals surface area contributed by atoms with Crippen molar-refractivity contribution in [3.8, 4) is 40.5 Å². The molecule has 4 heterocycles. The summed E-state index contributed by atoms with van der Waals surface area (Å²) in [6.07, 6.45) is 6.05. The van der Waals surface area contributed by atoms with Crippen LogP contribution in [0.25, 0.3) is 28.7 Å². The smallest absolute Gasteiger partial charge is 0.264 e. The van der Waals surface area contributed by atoms with E-state index in [-0.39, 0.29) is 18.1 Å². The standard InChI is InChI=1S/C36H31BrN6O4/c1-4-5-10-30-29(17-24-11-13-25(14-12-24)28-9-7-6-8-26(28)18-38)35(44)43(23(3)41-30)36-39-19-27(20-40-36)45-21-31-22(2)46-34(42-31)32-15-16-33(37)47-32/h6-9,11-16,19-20H,4-5,10,17,21H2,1-3H3. The van der Waals surface area contributed by atoms with Gasteiger partial charge in [-0.2, -0.15) is 5.26 Å². The molecule has 236 valence electrons. The Morgan fingerprint density at radius 1 is 0.957 bits per heavy atom. The molecular formula is C36H31BrN6O4. The fraction of sp³-hybridized carbons (Fsp3) is 0.222. The number of unbranched alkanes of at least 4 members (excludes halogenated alkanes) is 1. The van der Waals surface area contributed by atoms with Crippen molar-refractivity contribution in [2.75, 3.05) is 0 Å². The maximum absolute atomic E-state index is 14.1. The van der Waals surface area contributed by atoms with Gasteiger partial charge < -0.3 is 13.6 Å². The normalized spacial score (nSPS) is 11.0. The molecule has 0 saturated heterocycles. The summed E-state index contributed by atoms with van der Waals surface area (Å²) in [6.45, 7) is 5.85. The van der Waals surface area contributed by atoms with Gasteiger partial charge in [0.05, 0.1) is 29.7 Å². The number of ether oxygens (including phenoxy) is 1. The molecule has 0 bridgehead atoms. The van der Waals surface area contributed by atoms with Crippen LogP contribution in [0.2, 0.25) is 0 Å². The first-order valence-electron chi connectivity index (χ1n) is 15.2. The van der Waals surface area contributed by atoms with Crippen molar-refractivity contribution in [2.24, 2.45) is 0 Å². The third-order valence-electron chi connectivity index (χ3n) is 7.76. The van der Waals surface area contributed by atoms with Crippen LogP contribution in [-0.2, 0) is 19.4 Å². The van der Waals surface area contributed by atoms with Crippen LogP contribution in [0.5, 0.6) is 5.75 Å². The average molecular weight is 692 g/mol. The predicted molar refractivity (Wildman–Crippen MR) is 179 cm³/mol. The molecule has 0 atom stereocenters. The number of nitrogens with zero attached hydrogens (tertiary/aromatic N) is 6. The van der Waals surface area contributed by atoms with E-state index in [2.05, 4.69) is 43.9 Å². The van der Waals surface area contributed by atoms with E-state index in [9.17, 15) is 10.1 Å². The van der Waals surface area contributed by atoms with Gasteiger partial charge in [-0.1, -0.05) is 55.8 Å². The Kier molecular flexibility index (Phi) is 9.40. The molecule has 47 heavy (non-hydrogen) atoms. The Hall–Kier alpha value is -5.34. The molecular weight excluding hydrogens is 660 g/mol. The second-order valence-electron chi connectivity index (χ2n) is 11.0. The summed E-state index contributed by atoms with van der Waals surface area (Å²) in [5.41, 5.74) is 5.20. The topological polar surface area (TPSA) is 133 Å². The highest BCUT2D eigenvalue weighted by atomic mass is 79.9. The highest BCUT2D eigenvalue weighted by Gasteiger charge is 2.19. The van der Waals surface area contributed by atoms with Crippen LogP contribution in [0.1, 0.15) is 59.4 Å². The van der Waals surface area contributed by atoms with Gasteiger partial charge in [0.1, 0.15) is 23.9 Å². The predicted octanol–water partition coefficient (Wildman–Crippen LogP) is 7.70. The van der Waals surface area contributed by atoms with E-state index < -0.39 is 0 Å². The molecule has 4 aromatic heterocycles. The van der Waals surface area contributed by atoms with E-state index in [1.165, 1.54) is 17.0 Å². The Balaban J connectivity index is 1.23. The number of aryl methyl sites for hydroxylation is 3. The molecule has 11 heteroatoms. The van der Waals surface area contributed by atoms with Gasteiger partial charge in [-0.3, -0.25) is 4.79 Å². The molecule has 0 radical (unpaired) electrons. The van der Waals surface area contributed by atoms with E-state index in [4.69, 9.17) is 18.6 Å². The van der Waals surface area contributed by atoms with E-state index in [1.54, 1.807) is 32.0 Å². The summed E-state index contributed by atoms with van der Waals surface area (Å²) in [6, 6.07) is 21.2. The van der Waals surface area contributed by atoms with E-state index in [0.717, 1.165) is 35.2 Å². The summed E-state index contributed by atoms with van der Waals surface area (Å²) < 4.78 is 19.2. The van der Waals surface area contributed by atoms with Crippen molar-refractivity contribution in [3.63, 3.8) is 0 Å². The number of benzene rings is 2. The molecule has 0 aliphatic heterocycles.